The maximum Gasteiger partial charge on any atom is 0.337 e. The van der Waals surface area contributed by atoms with E-state index in [0.717, 1.165) is 16.6 Å². The average molecular weight is 346 g/mol. The fourth-order valence-electron chi connectivity index (χ4n) is 2.52. The summed E-state index contributed by atoms with van der Waals surface area (Å²) < 4.78 is 10.3. The number of aromatic amines is 1. The van der Waals surface area contributed by atoms with Gasteiger partial charge in [0, 0.05) is 18.0 Å². The second-order valence-electron chi connectivity index (χ2n) is 5.47. The van der Waals surface area contributed by atoms with Gasteiger partial charge in [-0.25, -0.2) is 19.7 Å². The smallest absolute Gasteiger partial charge is 0.337 e. The lowest BCUT2D eigenvalue weighted by Gasteiger charge is -2.03. The van der Waals surface area contributed by atoms with Crippen molar-refractivity contribution in [2.24, 2.45) is 0 Å². The van der Waals surface area contributed by atoms with Gasteiger partial charge in [0.2, 0.25) is 0 Å². The number of ether oxygens (including phenoxy) is 2. The van der Waals surface area contributed by atoms with Gasteiger partial charge in [-0.1, -0.05) is 0 Å². The van der Waals surface area contributed by atoms with E-state index in [1.165, 1.54) is 7.11 Å². The molecule has 2 aromatic carbocycles. The Kier molecular flexibility index (Phi) is 4.03. The monoisotopic (exact) mass is 346 g/mol. The summed E-state index contributed by atoms with van der Waals surface area (Å²) in [6.45, 7) is 0. The van der Waals surface area contributed by atoms with E-state index in [1.807, 2.05) is 24.3 Å². The standard InChI is InChI=1S/C19H14N4O3/c1-25-18(24)13-5-8-15-16(11-13)23-17(22-15)12-3-6-14(7-4-12)26-19-20-9-2-10-21-19/h2-11H,1H3,(H,22,23). The molecule has 0 spiro atoms. The van der Waals surface area contributed by atoms with Crippen molar-refractivity contribution in [3.8, 4) is 23.1 Å². The molecule has 0 aliphatic rings. The molecule has 0 aliphatic heterocycles. The summed E-state index contributed by atoms with van der Waals surface area (Å²) in [5.74, 6) is 0.946. The molecule has 0 unspecified atom stereocenters. The molecular formula is C19H14N4O3. The van der Waals surface area contributed by atoms with Gasteiger partial charge in [0.1, 0.15) is 11.6 Å². The van der Waals surface area contributed by atoms with Gasteiger partial charge in [-0.3, -0.25) is 0 Å². The largest absolute Gasteiger partial charge is 0.465 e. The third-order valence-corrected chi connectivity index (χ3v) is 3.78. The van der Waals surface area contributed by atoms with Crippen LogP contribution >= 0.6 is 0 Å². The van der Waals surface area contributed by atoms with Crippen LogP contribution < -0.4 is 4.74 Å². The molecule has 0 saturated heterocycles. The molecule has 1 N–H and O–H groups in total. The lowest BCUT2D eigenvalue weighted by molar-refractivity contribution is 0.0601. The van der Waals surface area contributed by atoms with Gasteiger partial charge in [-0.15, -0.1) is 0 Å². The van der Waals surface area contributed by atoms with Gasteiger partial charge < -0.3 is 14.5 Å². The van der Waals surface area contributed by atoms with Crippen molar-refractivity contribution >= 4 is 17.0 Å². The molecule has 0 fully saturated rings. The van der Waals surface area contributed by atoms with Crippen LogP contribution in [0.25, 0.3) is 22.4 Å². The number of hydrogen-bond acceptors (Lipinski definition) is 6. The Morgan fingerprint density at radius 2 is 1.81 bits per heavy atom. The zero-order valence-corrected chi connectivity index (χ0v) is 13.8. The number of benzene rings is 2. The van der Waals surface area contributed by atoms with Crippen LogP contribution in [-0.2, 0) is 4.74 Å². The quantitative estimate of drug-likeness (QED) is 0.568. The van der Waals surface area contributed by atoms with Crippen molar-refractivity contribution in [3.63, 3.8) is 0 Å². The summed E-state index contributed by atoms with van der Waals surface area (Å²) in [7, 11) is 1.36. The molecule has 0 amide bonds. The van der Waals surface area contributed by atoms with Gasteiger partial charge in [-0.2, -0.15) is 0 Å². The topological polar surface area (TPSA) is 90.0 Å². The molecule has 7 heteroatoms. The molecule has 7 nitrogen and oxygen atoms in total. The van der Waals surface area contributed by atoms with Gasteiger partial charge >= 0.3 is 12.0 Å². The highest BCUT2D eigenvalue weighted by molar-refractivity contribution is 5.94. The number of carbonyl (C=O) groups excluding carboxylic acids is 1. The van der Waals surface area contributed by atoms with Crippen LogP contribution in [0.2, 0.25) is 0 Å². The van der Waals surface area contributed by atoms with Crippen molar-refractivity contribution in [2.75, 3.05) is 7.11 Å². The van der Waals surface area contributed by atoms with Crippen LogP contribution in [0.3, 0.4) is 0 Å². The molecule has 0 aliphatic carbocycles. The maximum atomic E-state index is 11.6. The van der Waals surface area contributed by atoms with Crippen LogP contribution in [0.1, 0.15) is 10.4 Å². The van der Waals surface area contributed by atoms with E-state index in [1.54, 1.807) is 36.7 Å². The Hall–Kier alpha value is -3.74. The number of nitrogens with zero attached hydrogens (tertiary/aromatic N) is 3. The molecule has 0 bridgehead atoms. The second-order valence-corrected chi connectivity index (χ2v) is 5.47. The zero-order chi connectivity index (χ0) is 17.9. The molecule has 26 heavy (non-hydrogen) atoms. The lowest BCUT2D eigenvalue weighted by Crippen LogP contribution is -2.00. The Labute approximate surface area is 148 Å². The number of imidazole rings is 1. The number of hydrogen-bond donors (Lipinski definition) is 1. The molecule has 2 heterocycles. The molecule has 0 atom stereocenters. The number of aromatic nitrogens is 4. The number of methoxy groups -OCH3 is 1. The summed E-state index contributed by atoms with van der Waals surface area (Å²) in [5.41, 5.74) is 2.90. The lowest BCUT2D eigenvalue weighted by atomic mass is 10.2. The predicted molar refractivity (Wildman–Crippen MR) is 95.0 cm³/mol. The predicted octanol–water partition coefficient (Wildman–Crippen LogP) is 3.60. The second kappa shape index (κ2) is 6.64. The number of nitrogens with one attached hydrogen (secondary N) is 1. The van der Waals surface area contributed by atoms with E-state index < -0.39 is 0 Å². The van der Waals surface area contributed by atoms with Crippen LogP contribution in [0.4, 0.5) is 0 Å². The van der Waals surface area contributed by atoms with Gasteiger partial charge in [0.05, 0.1) is 23.7 Å². The summed E-state index contributed by atoms with van der Waals surface area (Å²) in [6, 6.07) is 14.6. The molecule has 0 saturated carbocycles. The molecule has 4 aromatic rings. The first-order chi connectivity index (χ1) is 12.7. The van der Waals surface area contributed by atoms with Crippen molar-refractivity contribution in [1.29, 1.82) is 0 Å². The highest BCUT2D eigenvalue weighted by Gasteiger charge is 2.10. The molecular weight excluding hydrogens is 332 g/mol. The Bertz CT molecular complexity index is 1060. The molecule has 4 rings (SSSR count). The summed E-state index contributed by atoms with van der Waals surface area (Å²) >= 11 is 0. The number of H-pyrrole nitrogens is 1. The van der Waals surface area contributed by atoms with Crippen molar-refractivity contribution < 1.29 is 14.3 Å². The minimum Gasteiger partial charge on any atom is -0.465 e. The van der Waals surface area contributed by atoms with Gasteiger partial charge in [-0.05, 0) is 48.5 Å². The van der Waals surface area contributed by atoms with Crippen LogP contribution in [0.5, 0.6) is 11.8 Å². The van der Waals surface area contributed by atoms with Gasteiger partial charge in [0.25, 0.3) is 0 Å². The number of carbonyl (C=O) groups is 1. The minimum atomic E-state index is -0.382. The summed E-state index contributed by atoms with van der Waals surface area (Å²) in [4.78, 5) is 27.5. The van der Waals surface area contributed by atoms with E-state index in [4.69, 9.17) is 9.47 Å². The number of esters is 1. The highest BCUT2D eigenvalue weighted by Crippen LogP contribution is 2.25. The van der Waals surface area contributed by atoms with Crippen LogP contribution in [0.15, 0.2) is 60.9 Å². The van der Waals surface area contributed by atoms with Crippen molar-refractivity contribution in [1.82, 2.24) is 19.9 Å². The fraction of sp³-hybridized carbons (Fsp3) is 0.0526. The van der Waals surface area contributed by atoms with Crippen molar-refractivity contribution in [2.45, 2.75) is 0 Å². The summed E-state index contributed by atoms with van der Waals surface area (Å²) in [6.07, 6.45) is 3.24. The SMILES string of the molecule is COC(=O)c1ccc2nc(-c3ccc(Oc4ncccn4)cc3)[nH]c2c1. The minimum absolute atomic E-state index is 0.291. The van der Waals surface area contributed by atoms with E-state index in [-0.39, 0.29) is 5.97 Å². The third kappa shape index (κ3) is 3.10. The molecule has 128 valence electrons. The number of rotatable bonds is 4. The summed E-state index contributed by atoms with van der Waals surface area (Å²) in [5, 5.41) is 0. The van der Waals surface area contributed by atoms with E-state index in [0.29, 0.717) is 23.1 Å². The van der Waals surface area contributed by atoms with Crippen LogP contribution in [-0.4, -0.2) is 33.0 Å². The first-order valence-electron chi connectivity index (χ1n) is 7.86. The highest BCUT2D eigenvalue weighted by atomic mass is 16.5. The maximum absolute atomic E-state index is 11.6. The van der Waals surface area contributed by atoms with Crippen LogP contribution in [0, 0.1) is 0 Å². The Morgan fingerprint density at radius 1 is 1.04 bits per heavy atom. The molecule has 2 aromatic heterocycles. The zero-order valence-electron chi connectivity index (χ0n) is 13.8. The fourth-order valence-corrected chi connectivity index (χ4v) is 2.52. The average Bonchev–Trinajstić information content (AvgIpc) is 3.12. The van der Waals surface area contributed by atoms with Gasteiger partial charge in [0.15, 0.2) is 0 Å². The van der Waals surface area contributed by atoms with E-state index in [9.17, 15) is 4.79 Å². The first-order valence-corrected chi connectivity index (χ1v) is 7.86. The van der Waals surface area contributed by atoms with Crippen molar-refractivity contribution in [3.05, 3.63) is 66.5 Å². The molecule has 0 radical (unpaired) electrons. The normalized spacial score (nSPS) is 10.7. The Balaban J connectivity index is 1.60. The van der Waals surface area contributed by atoms with E-state index in [2.05, 4.69) is 19.9 Å². The Morgan fingerprint density at radius 3 is 2.54 bits per heavy atom. The third-order valence-electron chi connectivity index (χ3n) is 3.78. The first kappa shape index (κ1) is 15.8. The number of fused-ring (bicyclic) bond motifs is 1. The van der Waals surface area contributed by atoms with E-state index >= 15 is 0 Å².